The monoisotopic (exact) mass is 195 g/mol. The molecular weight excluding hydrogens is 174 g/mol. The van der Waals surface area contributed by atoms with Crippen LogP contribution in [0.1, 0.15) is 39.5 Å². The van der Waals surface area contributed by atoms with E-state index in [0.717, 1.165) is 6.54 Å². The van der Waals surface area contributed by atoms with Crippen molar-refractivity contribution in [2.24, 2.45) is 0 Å². The van der Waals surface area contributed by atoms with Gasteiger partial charge in [0.15, 0.2) is 0 Å². The first-order valence-electron chi connectivity index (χ1n) is 5.59. The van der Waals surface area contributed by atoms with E-state index < -0.39 is 5.60 Å². The van der Waals surface area contributed by atoms with Crippen molar-refractivity contribution in [3.63, 3.8) is 0 Å². The predicted molar refractivity (Wildman–Crippen MR) is 59.0 cm³/mol. The van der Waals surface area contributed by atoms with Gasteiger partial charge in [-0.2, -0.15) is 0 Å². The molecule has 1 saturated heterocycles. The molecule has 1 unspecified atom stereocenters. The summed E-state index contributed by atoms with van der Waals surface area (Å²) in [6.07, 6.45) is 4.65. The molecule has 0 spiro atoms. The molecule has 1 rings (SSSR count). The second kappa shape index (κ2) is 5.38. The first kappa shape index (κ1) is 11.6. The number of aliphatic hydroxyl groups is 1. The van der Waals surface area contributed by atoms with Gasteiger partial charge in [0, 0.05) is 0 Å². The summed E-state index contributed by atoms with van der Waals surface area (Å²) in [5.74, 6) is 5.99. The number of piperidine rings is 1. The number of hydrogen-bond acceptors (Lipinski definition) is 2. The van der Waals surface area contributed by atoms with Crippen LogP contribution in [0.25, 0.3) is 0 Å². The van der Waals surface area contributed by atoms with Gasteiger partial charge in [0.05, 0.1) is 6.54 Å². The number of hydrogen-bond donors (Lipinski definition) is 1. The van der Waals surface area contributed by atoms with E-state index in [0.29, 0.717) is 6.42 Å². The van der Waals surface area contributed by atoms with E-state index in [1.165, 1.54) is 32.4 Å². The van der Waals surface area contributed by atoms with E-state index >= 15 is 0 Å². The molecule has 2 heteroatoms. The zero-order chi connectivity index (χ0) is 10.4. The van der Waals surface area contributed by atoms with Crippen LogP contribution in [0.4, 0.5) is 0 Å². The van der Waals surface area contributed by atoms with E-state index in [1.807, 2.05) is 6.92 Å². The Morgan fingerprint density at radius 1 is 1.29 bits per heavy atom. The first-order chi connectivity index (χ1) is 6.64. The molecule has 0 aromatic heterocycles. The van der Waals surface area contributed by atoms with Crippen molar-refractivity contribution in [1.82, 2.24) is 4.90 Å². The maximum Gasteiger partial charge on any atom is 0.122 e. The molecule has 0 saturated carbocycles. The van der Waals surface area contributed by atoms with Gasteiger partial charge in [0.1, 0.15) is 5.60 Å². The van der Waals surface area contributed by atoms with E-state index in [2.05, 4.69) is 16.7 Å². The lowest BCUT2D eigenvalue weighted by Crippen LogP contribution is -2.30. The van der Waals surface area contributed by atoms with Crippen LogP contribution in [-0.4, -0.2) is 35.2 Å². The zero-order valence-corrected chi connectivity index (χ0v) is 9.34. The second-order valence-corrected chi connectivity index (χ2v) is 4.27. The Labute approximate surface area is 87.3 Å². The van der Waals surface area contributed by atoms with Crippen molar-refractivity contribution in [2.75, 3.05) is 19.6 Å². The van der Waals surface area contributed by atoms with Gasteiger partial charge in [-0.1, -0.05) is 25.2 Å². The van der Waals surface area contributed by atoms with Crippen LogP contribution in [0.3, 0.4) is 0 Å². The van der Waals surface area contributed by atoms with Crippen molar-refractivity contribution in [3.05, 3.63) is 0 Å². The highest BCUT2D eigenvalue weighted by atomic mass is 16.3. The third kappa shape index (κ3) is 4.13. The Bertz CT molecular complexity index is 218. The van der Waals surface area contributed by atoms with Gasteiger partial charge in [-0.25, -0.2) is 0 Å². The number of nitrogens with zero attached hydrogens (tertiary/aromatic N) is 1. The molecule has 1 heterocycles. The predicted octanol–water partition coefficient (Wildman–Crippen LogP) is 1.64. The molecule has 0 aromatic carbocycles. The van der Waals surface area contributed by atoms with E-state index in [1.54, 1.807) is 6.92 Å². The van der Waals surface area contributed by atoms with Crippen LogP contribution in [0, 0.1) is 11.8 Å². The van der Waals surface area contributed by atoms with Crippen molar-refractivity contribution in [2.45, 2.75) is 45.1 Å². The fraction of sp³-hybridized carbons (Fsp3) is 0.833. The van der Waals surface area contributed by atoms with Gasteiger partial charge in [-0.3, -0.25) is 4.90 Å². The number of rotatable bonds is 2. The summed E-state index contributed by atoms with van der Waals surface area (Å²) in [5, 5.41) is 9.66. The van der Waals surface area contributed by atoms with Crippen molar-refractivity contribution < 1.29 is 5.11 Å². The van der Waals surface area contributed by atoms with Gasteiger partial charge in [-0.15, -0.1) is 0 Å². The van der Waals surface area contributed by atoms with Gasteiger partial charge >= 0.3 is 0 Å². The SMILES string of the molecule is CCC(C)(O)C#CCN1CCCCC1. The molecule has 0 bridgehead atoms. The minimum Gasteiger partial charge on any atom is -0.378 e. The van der Waals surface area contributed by atoms with E-state index in [4.69, 9.17) is 0 Å². The Balaban J connectivity index is 2.30. The average Bonchev–Trinajstić information content (AvgIpc) is 2.19. The molecule has 14 heavy (non-hydrogen) atoms. The standard InChI is InChI=1S/C12H21NO/c1-3-12(2,14)8-7-11-13-9-5-4-6-10-13/h14H,3-6,9-11H2,1-2H3. The summed E-state index contributed by atoms with van der Waals surface area (Å²) in [6.45, 7) is 6.88. The van der Waals surface area contributed by atoms with Crippen LogP contribution >= 0.6 is 0 Å². The van der Waals surface area contributed by atoms with Gasteiger partial charge in [0.25, 0.3) is 0 Å². The topological polar surface area (TPSA) is 23.5 Å². The van der Waals surface area contributed by atoms with Gasteiger partial charge < -0.3 is 5.11 Å². The Morgan fingerprint density at radius 2 is 1.93 bits per heavy atom. The molecule has 1 N–H and O–H groups in total. The van der Waals surface area contributed by atoms with Gasteiger partial charge in [-0.05, 0) is 39.3 Å². The van der Waals surface area contributed by atoms with Gasteiger partial charge in [0.2, 0.25) is 0 Å². The Hall–Kier alpha value is -0.520. The quantitative estimate of drug-likeness (QED) is 0.677. The minimum absolute atomic E-state index is 0.694. The highest BCUT2D eigenvalue weighted by Gasteiger charge is 2.13. The summed E-state index contributed by atoms with van der Waals surface area (Å²) in [6, 6.07) is 0. The van der Waals surface area contributed by atoms with Crippen LogP contribution in [0.5, 0.6) is 0 Å². The maximum atomic E-state index is 9.66. The highest BCUT2D eigenvalue weighted by Crippen LogP contribution is 2.08. The smallest absolute Gasteiger partial charge is 0.122 e. The van der Waals surface area contributed by atoms with Crippen LogP contribution in [0.2, 0.25) is 0 Å². The first-order valence-corrected chi connectivity index (χ1v) is 5.59. The molecule has 2 nitrogen and oxygen atoms in total. The number of likely N-dealkylation sites (tertiary alicyclic amines) is 1. The largest absolute Gasteiger partial charge is 0.378 e. The minimum atomic E-state index is -0.796. The molecule has 0 aliphatic carbocycles. The Kier molecular flexibility index (Phi) is 4.44. The lowest BCUT2D eigenvalue weighted by atomic mass is 10.1. The highest BCUT2D eigenvalue weighted by molar-refractivity contribution is 5.12. The molecule has 1 atom stereocenters. The summed E-state index contributed by atoms with van der Waals surface area (Å²) in [4.78, 5) is 2.36. The molecule has 80 valence electrons. The fourth-order valence-electron chi connectivity index (χ4n) is 1.55. The zero-order valence-electron chi connectivity index (χ0n) is 9.34. The normalized spacial score (nSPS) is 22.2. The fourth-order valence-corrected chi connectivity index (χ4v) is 1.55. The molecule has 0 radical (unpaired) electrons. The average molecular weight is 195 g/mol. The summed E-state index contributed by atoms with van der Waals surface area (Å²) in [7, 11) is 0. The second-order valence-electron chi connectivity index (χ2n) is 4.27. The van der Waals surface area contributed by atoms with Crippen molar-refractivity contribution >= 4 is 0 Å². The van der Waals surface area contributed by atoms with Crippen molar-refractivity contribution in [3.8, 4) is 11.8 Å². The van der Waals surface area contributed by atoms with Crippen LogP contribution in [-0.2, 0) is 0 Å². The lowest BCUT2D eigenvalue weighted by Gasteiger charge is -2.24. The summed E-state index contributed by atoms with van der Waals surface area (Å²) in [5.41, 5.74) is -0.796. The summed E-state index contributed by atoms with van der Waals surface area (Å²) < 4.78 is 0. The molecule has 1 fully saturated rings. The Morgan fingerprint density at radius 3 is 2.50 bits per heavy atom. The van der Waals surface area contributed by atoms with Crippen LogP contribution in [0.15, 0.2) is 0 Å². The third-order valence-electron chi connectivity index (χ3n) is 2.80. The van der Waals surface area contributed by atoms with E-state index in [9.17, 15) is 5.11 Å². The lowest BCUT2D eigenvalue weighted by molar-refractivity contribution is 0.118. The third-order valence-corrected chi connectivity index (χ3v) is 2.80. The molecule has 1 aliphatic rings. The maximum absolute atomic E-state index is 9.66. The molecule has 1 aliphatic heterocycles. The molecular formula is C12H21NO. The molecule has 0 aromatic rings. The molecule has 0 amide bonds. The summed E-state index contributed by atoms with van der Waals surface area (Å²) >= 11 is 0. The van der Waals surface area contributed by atoms with Crippen molar-refractivity contribution in [1.29, 1.82) is 0 Å². The van der Waals surface area contributed by atoms with E-state index in [-0.39, 0.29) is 0 Å². The van der Waals surface area contributed by atoms with Crippen LogP contribution < -0.4 is 0 Å².